The number of carbonyl (C=O) groups is 1. The van der Waals surface area contributed by atoms with Crippen molar-refractivity contribution in [3.63, 3.8) is 0 Å². The van der Waals surface area contributed by atoms with Gasteiger partial charge in [-0.3, -0.25) is 4.79 Å². The molecule has 2 rings (SSSR count). The molecule has 0 aliphatic heterocycles. The lowest BCUT2D eigenvalue weighted by atomic mass is 9.96. The zero-order chi connectivity index (χ0) is 13.9. The molecule has 1 aliphatic carbocycles. The monoisotopic (exact) mass is 300 g/mol. The highest BCUT2D eigenvalue weighted by atomic mass is 35.5. The number of rotatable bonds is 7. The molecule has 1 saturated carbocycles. The van der Waals surface area contributed by atoms with E-state index in [1.54, 1.807) is 18.3 Å². The molecule has 1 aliphatic rings. The Kier molecular flexibility index (Phi) is 4.71. The first kappa shape index (κ1) is 14.6. The molecule has 0 aromatic carbocycles. The third-order valence-corrected chi connectivity index (χ3v) is 4.92. The van der Waals surface area contributed by atoms with Crippen molar-refractivity contribution in [3.05, 3.63) is 23.4 Å². The van der Waals surface area contributed by atoms with E-state index in [4.69, 9.17) is 11.6 Å². The van der Waals surface area contributed by atoms with Crippen molar-refractivity contribution in [2.24, 2.45) is 5.92 Å². The normalized spacial score (nSPS) is 18.0. The van der Waals surface area contributed by atoms with Gasteiger partial charge in [-0.1, -0.05) is 18.5 Å². The number of nitrogens with one attached hydrogen (secondary N) is 1. The minimum atomic E-state index is -0.861. The SMILES string of the molecule is CCNC(CSc1ncccc1Cl)(C(=O)O)C1CC1. The minimum Gasteiger partial charge on any atom is -0.480 e. The summed E-state index contributed by atoms with van der Waals surface area (Å²) in [5, 5.41) is 14.0. The van der Waals surface area contributed by atoms with Crippen LogP contribution in [0.15, 0.2) is 23.4 Å². The molecule has 1 aromatic rings. The molecule has 0 spiro atoms. The number of carboxylic acids is 1. The predicted molar refractivity (Wildman–Crippen MR) is 76.7 cm³/mol. The quantitative estimate of drug-likeness (QED) is 0.758. The summed E-state index contributed by atoms with van der Waals surface area (Å²) >= 11 is 7.46. The molecular weight excluding hydrogens is 284 g/mol. The van der Waals surface area contributed by atoms with E-state index >= 15 is 0 Å². The Hall–Kier alpha value is -0.780. The van der Waals surface area contributed by atoms with Crippen molar-refractivity contribution >= 4 is 29.3 Å². The van der Waals surface area contributed by atoms with Crippen LogP contribution in [0.2, 0.25) is 5.02 Å². The summed E-state index contributed by atoms with van der Waals surface area (Å²) in [5.41, 5.74) is -0.861. The fourth-order valence-electron chi connectivity index (χ4n) is 2.18. The summed E-state index contributed by atoms with van der Waals surface area (Å²) in [6, 6.07) is 3.53. The molecule has 0 radical (unpaired) electrons. The van der Waals surface area contributed by atoms with Gasteiger partial charge in [0.25, 0.3) is 0 Å². The number of hydrogen-bond donors (Lipinski definition) is 2. The number of thioether (sulfide) groups is 1. The minimum absolute atomic E-state index is 0.208. The number of likely N-dealkylation sites (N-methyl/N-ethyl adjacent to an activating group) is 1. The number of hydrogen-bond acceptors (Lipinski definition) is 4. The number of nitrogens with zero attached hydrogens (tertiary/aromatic N) is 1. The van der Waals surface area contributed by atoms with E-state index in [2.05, 4.69) is 10.3 Å². The third kappa shape index (κ3) is 3.22. The van der Waals surface area contributed by atoms with E-state index < -0.39 is 11.5 Å². The Morgan fingerprint density at radius 2 is 2.42 bits per heavy atom. The van der Waals surface area contributed by atoms with Gasteiger partial charge in [0, 0.05) is 11.9 Å². The molecule has 19 heavy (non-hydrogen) atoms. The molecule has 1 atom stereocenters. The van der Waals surface area contributed by atoms with Crippen molar-refractivity contribution in [2.75, 3.05) is 12.3 Å². The van der Waals surface area contributed by atoms with E-state index in [0.717, 1.165) is 12.8 Å². The Bertz CT molecular complexity index is 468. The van der Waals surface area contributed by atoms with Crippen LogP contribution in [0.4, 0.5) is 0 Å². The van der Waals surface area contributed by atoms with Crippen LogP contribution in [0, 0.1) is 5.92 Å². The van der Waals surface area contributed by atoms with Gasteiger partial charge in [0.05, 0.1) is 5.02 Å². The Labute approximate surface area is 121 Å². The van der Waals surface area contributed by atoms with E-state index in [1.807, 2.05) is 6.92 Å². The summed E-state index contributed by atoms with van der Waals surface area (Å²) in [5.74, 6) is -0.131. The average Bonchev–Trinajstić information content (AvgIpc) is 3.20. The zero-order valence-corrected chi connectivity index (χ0v) is 12.3. The maximum absolute atomic E-state index is 11.7. The lowest BCUT2D eigenvalue weighted by Gasteiger charge is -2.30. The lowest BCUT2D eigenvalue weighted by molar-refractivity contribution is -0.144. The van der Waals surface area contributed by atoms with Gasteiger partial charge in [-0.05, 0) is 37.4 Å². The maximum atomic E-state index is 11.7. The lowest BCUT2D eigenvalue weighted by Crippen LogP contribution is -2.56. The number of carboxylic acid groups (broad SMARTS) is 1. The molecule has 6 heteroatoms. The maximum Gasteiger partial charge on any atom is 0.325 e. The molecule has 1 fully saturated rings. The van der Waals surface area contributed by atoms with Gasteiger partial charge in [-0.25, -0.2) is 4.98 Å². The Morgan fingerprint density at radius 1 is 1.68 bits per heavy atom. The van der Waals surface area contributed by atoms with Crippen LogP contribution in [0.1, 0.15) is 19.8 Å². The summed E-state index contributed by atoms with van der Waals surface area (Å²) in [4.78, 5) is 15.9. The van der Waals surface area contributed by atoms with Crippen LogP contribution in [0.5, 0.6) is 0 Å². The van der Waals surface area contributed by atoms with E-state index in [-0.39, 0.29) is 5.92 Å². The second kappa shape index (κ2) is 6.11. The van der Waals surface area contributed by atoms with Crippen LogP contribution in [0.3, 0.4) is 0 Å². The second-order valence-electron chi connectivity index (χ2n) is 4.66. The van der Waals surface area contributed by atoms with E-state index in [0.29, 0.717) is 22.3 Å². The summed E-state index contributed by atoms with van der Waals surface area (Å²) < 4.78 is 0. The van der Waals surface area contributed by atoms with Gasteiger partial charge < -0.3 is 10.4 Å². The molecule has 0 amide bonds. The molecule has 1 heterocycles. The molecule has 1 unspecified atom stereocenters. The first-order valence-corrected chi connectivity index (χ1v) is 7.68. The van der Waals surface area contributed by atoms with Crippen LogP contribution in [-0.2, 0) is 4.79 Å². The highest BCUT2D eigenvalue weighted by molar-refractivity contribution is 7.99. The van der Waals surface area contributed by atoms with Crippen molar-refractivity contribution < 1.29 is 9.90 Å². The van der Waals surface area contributed by atoms with Crippen molar-refractivity contribution in [2.45, 2.75) is 30.3 Å². The molecule has 2 N–H and O–H groups in total. The fraction of sp³-hybridized carbons (Fsp3) is 0.538. The van der Waals surface area contributed by atoms with Crippen molar-refractivity contribution in [1.82, 2.24) is 10.3 Å². The van der Waals surface area contributed by atoms with Gasteiger partial charge >= 0.3 is 5.97 Å². The van der Waals surface area contributed by atoms with E-state index in [9.17, 15) is 9.90 Å². The molecule has 0 saturated heterocycles. The first-order chi connectivity index (χ1) is 9.10. The highest BCUT2D eigenvalue weighted by Crippen LogP contribution is 2.43. The number of pyridine rings is 1. The van der Waals surface area contributed by atoms with E-state index in [1.165, 1.54) is 11.8 Å². The van der Waals surface area contributed by atoms with Gasteiger partial charge in [0.15, 0.2) is 0 Å². The molecule has 0 bridgehead atoms. The van der Waals surface area contributed by atoms with Crippen LogP contribution < -0.4 is 5.32 Å². The second-order valence-corrected chi connectivity index (χ2v) is 6.03. The summed E-state index contributed by atoms with van der Waals surface area (Å²) in [7, 11) is 0. The summed E-state index contributed by atoms with van der Waals surface area (Å²) in [6.45, 7) is 2.57. The first-order valence-electron chi connectivity index (χ1n) is 6.32. The summed E-state index contributed by atoms with van der Waals surface area (Å²) in [6.07, 6.45) is 3.60. The molecular formula is C13H17ClN2O2S. The Balaban J connectivity index is 2.12. The molecule has 104 valence electrons. The van der Waals surface area contributed by atoms with Crippen molar-refractivity contribution in [1.29, 1.82) is 0 Å². The number of aromatic nitrogens is 1. The Morgan fingerprint density at radius 3 is 2.95 bits per heavy atom. The molecule has 4 nitrogen and oxygen atoms in total. The van der Waals surface area contributed by atoms with Crippen LogP contribution >= 0.6 is 23.4 Å². The van der Waals surface area contributed by atoms with Crippen molar-refractivity contribution in [3.8, 4) is 0 Å². The van der Waals surface area contributed by atoms with Crippen LogP contribution in [0.25, 0.3) is 0 Å². The highest BCUT2D eigenvalue weighted by Gasteiger charge is 2.50. The topological polar surface area (TPSA) is 62.2 Å². The largest absolute Gasteiger partial charge is 0.480 e. The van der Waals surface area contributed by atoms with Gasteiger partial charge in [0.1, 0.15) is 10.6 Å². The number of aliphatic carboxylic acids is 1. The standard InChI is InChI=1S/C13H17ClN2O2S/c1-2-16-13(12(17)18,9-5-6-9)8-19-11-10(14)4-3-7-15-11/h3-4,7,9,16H,2,5-6,8H2,1H3,(H,17,18). The molecule has 1 aromatic heterocycles. The van der Waals surface area contributed by atoms with Crippen LogP contribution in [-0.4, -0.2) is 33.9 Å². The predicted octanol–water partition coefficient (Wildman–Crippen LogP) is 2.67. The zero-order valence-electron chi connectivity index (χ0n) is 10.7. The smallest absolute Gasteiger partial charge is 0.325 e. The van der Waals surface area contributed by atoms with Gasteiger partial charge in [0.2, 0.25) is 0 Å². The van der Waals surface area contributed by atoms with Gasteiger partial charge in [-0.15, -0.1) is 11.8 Å². The third-order valence-electron chi connectivity index (χ3n) is 3.31. The fourth-order valence-corrected chi connectivity index (χ4v) is 3.63. The van der Waals surface area contributed by atoms with Gasteiger partial charge in [-0.2, -0.15) is 0 Å². The average molecular weight is 301 g/mol. The number of halogens is 1.